The summed E-state index contributed by atoms with van der Waals surface area (Å²) in [6, 6.07) is 8.10. The zero-order valence-corrected chi connectivity index (χ0v) is 9.34. The summed E-state index contributed by atoms with van der Waals surface area (Å²) in [5.41, 5.74) is 4.18. The lowest BCUT2D eigenvalue weighted by Crippen LogP contribution is -2.19. The van der Waals surface area contributed by atoms with Gasteiger partial charge in [-0.05, 0) is 24.1 Å². The van der Waals surface area contributed by atoms with Crippen molar-refractivity contribution in [3.63, 3.8) is 0 Å². The molecule has 1 unspecified atom stereocenters. The molecule has 2 nitrogen and oxygen atoms in total. The summed E-state index contributed by atoms with van der Waals surface area (Å²) in [6.45, 7) is 2.15. The number of rotatable bonds is 5. The molecule has 0 aliphatic carbocycles. The van der Waals surface area contributed by atoms with E-state index in [0.717, 1.165) is 17.9 Å². The third kappa shape index (κ3) is 3.29. The Morgan fingerprint density at radius 2 is 2.00 bits per heavy atom. The first-order chi connectivity index (χ1) is 6.77. The van der Waals surface area contributed by atoms with E-state index in [9.17, 15) is 0 Å². The molecule has 0 radical (unpaired) electrons. The van der Waals surface area contributed by atoms with Crippen molar-refractivity contribution in [3.8, 4) is 0 Å². The van der Waals surface area contributed by atoms with Gasteiger partial charge in [0.1, 0.15) is 0 Å². The monoisotopic (exact) mass is 213 g/mol. The average molecular weight is 214 g/mol. The molecule has 78 valence electrons. The summed E-state index contributed by atoms with van der Waals surface area (Å²) >= 11 is 5.82. The van der Waals surface area contributed by atoms with Gasteiger partial charge < -0.3 is 4.84 Å². The van der Waals surface area contributed by atoms with Crippen LogP contribution in [0.15, 0.2) is 24.3 Å². The van der Waals surface area contributed by atoms with Crippen LogP contribution in [-0.2, 0) is 4.84 Å². The topological polar surface area (TPSA) is 21.3 Å². The fourth-order valence-corrected chi connectivity index (χ4v) is 1.55. The van der Waals surface area contributed by atoms with Gasteiger partial charge in [-0.15, -0.1) is 0 Å². The van der Waals surface area contributed by atoms with E-state index in [0.29, 0.717) is 0 Å². The van der Waals surface area contributed by atoms with Gasteiger partial charge in [0.25, 0.3) is 0 Å². The van der Waals surface area contributed by atoms with Crippen LogP contribution in [0.1, 0.15) is 31.4 Å². The van der Waals surface area contributed by atoms with Crippen molar-refractivity contribution in [2.24, 2.45) is 0 Å². The fraction of sp³-hybridized carbons (Fsp3) is 0.455. The Kier molecular flexibility index (Phi) is 4.94. The molecule has 0 heterocycles. The third-order valence-corrected chi connectivity index (χ3v) is 2.36. The maximum atomic E-state index is 5.82. The normalized spacial score (nSPS) is 12.8. The average Bonchev–Trinajstić information content (AvgIpc) is 2.19. The Morgan fingerprint density at radius 3 is 2.50 bits per heavy atom. The van der Waals surface area contributed by atoms with E-state index >= 15 is 0 Å². The predicted octanol–water partition coefficient (Wildman–Crippen LogP) is 3.33. The van der Waals surface area contributed by atoms with Crippen molar-refractivity contribution in [2.45, 2.75) is 25.8 Å². The Balaban J connectivity index is 2.71. The summed E-state index contributed by atoms with van der Waals surface area (Å²) in [5, 5.41) is 0.765. The van der Waals surface area contributed by atoms with Gasteiger partial charge in [0.05, 0.1) is 13.2 Å². The number of hydrogen-bond donors (Lipinski definition) is 1. The lowest BCUT2D eigenvalue weighted by atomic mass is 10.0. The van der Waals surface area contributed by atoms with Gasteiger partial charge in [-0.2, -0.15) is 5.48 Å². The first-order valence-corrected chi connectivity index (χ1v) is 5.19. The van der Waals surface area contributed by atoms with Gasteiger partial charge in [-0.1, -0.05) is 37.1 Å². The van der Waals surface area contributed by atoms with Crippen LogP contribution >= 0.6 is 11.6 Å². The smallest absolute Gasteiger partial charge is 0.0572 e. The second-order valence-electron chi connectivity index (χ2n) is 3.21. The van der Waals surface area contributed by atoms with E-state index in [2.05, 4.69) is 12.4 Å². The molecule has 0 bridgehead atoms. The van der Waals surface area contributed by atoms with Crippen molar-refractivity contribution in [3.05, 3.63) is 34.9 Å². The Morgan fingerprint density at radius 1 is 1.36 bits per heavy atom. The molecule has 0 aliphatic heterocycles. The highest BCUT2D eigenvalue weighted by Gasteiger charge is 2.08. The van der Waals surface area contributed by atoms with Gasteiger partial charge in [0.15, 0.2) is 0 Å². The molecule has 0 saturated heterocycles. The number of halogens is 1. The van der Waals surface area contributed by atoms with Crippen LogP contribution in [0.25, 0.3) is 0 Å². The third-order valence-electron chi connectivity index (χ3n) is 2.11. The van der Waals surface area contributed by atoms with Crippen molar-refractivity contribution in [1.82, 2.24) is 5.48 Å². The largest absolute Gasteiger partial charge is 0.305 e. The minimum atomic E-state index is 0.252. The molecule has 0 aliphatic rings. The molecule has 1 aromatic carbocycles. The van der Waals surface area contributed by atoms with Crippen molar-refractivity contribution >= 4 is 11.6 Å². The molecule has 1 atom stereocenters. The Labute approximate surface area is 90.2 Å². The van der Waals surface area contributed by atoms with E-state index in [1.54, 1.807) is 7.11 Å². The molecule has 1 rings (SSSR count). The summed E-state index contributed by atoms with van der Waals surface area (Å²) in [6.07, 6.45) is 2.17. The molecule has 0 spiro atoms. The molecule has 0 aromatic heterocycles. The van der Waals surface area contributed by atoms with Crippen molar-refractivity contribution < 1.29 is 4.84 Å². The van der Waals surface area contributed by atoms with Crippen molar-refractivity contribution in [2.75, 3.05) is 7.11 Å². The van der Waals surface area contributed by atoms with Crippen LogP contribution in [0.4, 0.5) is 0 Å². The van der Waals surface area contributed by atoms with Crippen LogP contribution in [0.2, 0.25) is 5.02 Å². The maximum absolute atomic E-state index is 5.82. The first kappa shape index (κ1) is 11.5. The number of hydroxylamine groups is 1. The summed E-state index contributed by atoms with van der Waals surface area (Å²) in [5.74, 6) is 0. The van der Waals surface area contributed by atoms with E-state index in [1.165, 1.54) is 5.56 Å². The molecule has 14 heavy (non-hydrogen) atoms. The van der Waals surface area contributed by atoms with Crippen LogP contribution in [0.5, 0.6) is 0 Å². The summed E-state index contributed by atoms with van der Waals surface area (Å²) in [4.78, 5) is 4.96. The fourth-order valence-electron chi connectivity index (χ4n) is 1.42. The maximum Gasteiger partial charge on any atom is 0.0572 e. The quantitative estimate of drug-likeness (QED) is 0.758. The SMILES string of the molecule is CCCC(NOC)c1ccc(Cl)cc1. The highest BCUT2D eigenvalue weighted by molar-refractivity contribution is 6.30. The van der Waals surface area contributed by atoms with E-state index in [-0.39, 0.29) is 6.04 Å². The van der Waals surface area contributed by atoms with E-state index in [1.807, 2.05) is 24.3 Å². The lowest BCUT2D eigenvalue weighted by Gasteiger charge is -2.16. The molecule has 0 fully saturated rings. The first-order valence-electron chi connectivity index (χ1n) is 4.82. The highest BCUT2D eigenvalue weighted by atomic mass is 35.5. The minimum absolute atomic E-state index is 0.252. The molecular weight excluding hydrogens is 198 g/mol. The molecular formula is C11H16ClNO. The van der Waals surface area contributed by atoms with Gasteiger partial charge in [-0.3, -0.25) is 0 Å². The van der Waals surface area contributed by atoms with Crippen LogP contribution in [-0.4, -0.2) is 7.11 Å². The van der Waals surface area contributed by atoms with E-state index < -0.39 is 0 Å². The molecule has 1 N–H and O–H groups in total. The van der Waals surface area contributed by atoms with Crippen LogP contribution in [0, 0.1) is 0 Å². The number of benzene rings is 1. The summed E-state index contributed by atoms with van der Waals surface area (Å²) < 4.78 is 0. The summed E-state index contributed by atoms with van der Waals surface area (Å²) in [7, 11) is 1.64. The number of hydrogen-bond acceptors (Lipinski definition) is 2. The molecule has 3 heteroatoms. The molecule has 1 aromatic rings. The van der Waals surface area contributed by atoms with Crippen LogP contribution < -0.4 is 5.48 Å². The second-order valence-corrected chi connectivity index (χ2v) is 3.65. The minimum Gasteiger partial charge on any atom is -0.305 e. The molecule has 0 saturated carbocycles. The predicted molar refractivity (Wildman–Crippen MR) is 59.2 cm³/mol. The van der Waals surface area contributed by atoms with Gasteiger partial charge >= 0.3 is 0 Å². The zero-order chi connectivity index (χ0) is 10.4. The Hall–Kier alpha value is -0.570. The van der Waals surface area contributed by atoms with Gasteiger partial charge in [-0.25, -0.2) is 0 Å². The number of nitrogens with one attached hydrogen (secondary N) is 1. The van der Waals surface area contributed by atoms with Crippen LogP contribution in [0.3, 0.4) is 0 Å². The zero-order valence-electron chi connectivity index (χ0n) is 8.59. The lowest BCUT2D eigenvalue weighted by molar-refractivity contribution is 0.0575. The van der Waals surface area contributed by atoms with Crippen molar-refractivity contribution in [1.29, 1.82) is 0 Å². The van der Waals surface area contributed by atoms with Gasteiger partial charge in [0, 0.05) is 5.02 Å². The second kappa shape index (κ2) is 6.02. The molecule has 0 amide bonds. The van der Waals surface area contributed by atoms with E-state index in [4.69, 9.17) is 16.4 Å². The standard InChI is InChI=1S/C11H16ClNO/c1-3-4-11(13-14-2)9-5-7-10(12)8-6-9/h5-8,11,13H,3-4H2,1-2H3. The Bertz CT molecular complexity index is 254. The van der Waals surface area contributed by atoms with Gasteiger partial charge in [0.2, 0.25) is 0 Å². The highest BCUT2D eigenvalue weighted by Crippen LogP contribution is 2.20.